The minimum atomic E-state index is 0. The maximum absolute atomic E-state index is 4.11. The molecule has 1 heterocycles. The van der Waals surface area contributed by atoms with Crippen LogP contribution in [-0.4, -0.2) is 11.5 Å². The number of rotatable bonds is 4. The number of nitrogens with one attached hydrogen (secondary N) is 1. The van der Waals surface area contributed by atoms with Gasteiger partial charge >= 0.3 is 0 Å². The third-order valence-electron chi connectivity index (χ3n) is 3.21. The molecule has 0 bridgehead atoms. The van der Waals surface area contributed by atoms with Gasteiger partial charge < -0.3 is 5.32 Å². The maximum Gasteiger partial charge on any atom is 0.0312 e. The van der Waals surface area contributed by atoms with Gasteiger partial charge in [-0.1, -0.05) is 25.3 Å². The zero-order valence-corrected chi connectivity index (χ0v) is 10.5. The van der Waals surface area contributed by atoms with Gasteiger partial charge in [-0.2, -0.15) is 0 Å². The molecule has 1 aliphatic rings. The van der Waals surface area contributed by atoms with Gasteiger partial charge in [-0.15, -0.1) is 12.4 Å². The Bertz CT molecular complexity index is 271. The molecular formula is C13H21ClN2. The molecular weight excluding hydrogens is 220 g/mol. The lowest BCUT2D eigenvalue weighted by Crippen LogP contribution is -2.24. The third kappa shape index (κ3) is 4.50. The Labute approximate surface area is 104 Å². The summed E-state index contributed by atoms with van der Waals surface area (Å²) in [5.41, 5.74) is 1.29. The molecule has 0 aromatic carbocycles. The molecule has 1 aromatic rings. The van der Waals surface area contributed by atoms with Crippen LogP contribution in [0.25, 0.3) is 0 Å². The molecule has 0 spiro atoms. The summed E-state index contributed by atoms with van der Waals surface area (Å²) < 4.78 is 0. The third-order valence-corrected chi connectivity index (χ3v) is 3.21. The van der Waals surface area contributed by atoms with Crippen molar-refractivity contribution in [2.45, 2.75) is 38.6 Å². The van der Waals surface area contributed by atoms with E-state index in [1.54, 1.807) is 0 Å². The first-order chi connectivity index (χ1) is 7.45. The highest BCUT2D eigenvalue weighted by Crippen LogP contribution is 2.22. The molecule has 0 amide bonds. The van der Waals surface area contributed by atoms with Gasteiger partial charge in [-0.05, 0) is 36.9 Å². The second kappa shape index (κ2) is 7.64. The van der Waals surface area contributed by atoms with Gasteiger partial charge in [0, 0.05) is 18.9 Å². The fraction of sp³-hybridized carbons (Fsp3) is 0.615. The van der Waals surface area contributed by atoms with Crippen LogP contribution in [0, 0.1) is 5.92 Å². The van der Waals surface area contributed by atoms with Crippen LogP contribution in [0.3, 0.4) is 0 Å². The molecule has 1 fully saturated rings. The fourth-order valence-corrected chi connectivity index (χ4v) is 2.31. The largest absolute Gasteiger partial charge is 0.312 e. The van der Waals surface area contributed by atoms with E-state index in [9.17, 15) is 0 Å². The van der Waals surface area contributed by atoms with Crippen molar-refractivity contribution in [2.75, 3.05) is 6.54 Å². The van der Waals surface area contributed by atoms with Crippen molar-refractivity contribution in [3.63, 3.8) is 0 Å². The van der Waals surface area contributed by atoms with E-state index in [2.05, 4.69) is 16.4 Å². The number of hydrogen-bond acceptors (Lipinski definition) is 2. The smallest absolute Gasteiger partial charge is 0.0312 e. The highest BCUT2D eigenvalue weighted by Gasteiger charge is 2.12. The monoisotopic (exact) mass is 240 g/mol. The molecule has 2 rings (SSSR count). The summed E-state index contributed by atoms with van der Waals surface area (Å²) in [6.07, 6.45) is 10.9. The Morgan fingerprint density at radius 3 is 2.75 bits per heavy atom. The molecule has 0 unspecified atom stereocenters. The van der Waals surface area contributed by atoms with Crippen LogP contribution in [0.4, 0.5) is 0 Å². The van der Waals surface area contributed by atoms with E-state index < -0.39 is 0 Å². The Morgan fingerprint density at radius 1 is 1.25 bits per heavy atom. The number of nitrogens with zero attached hydrogens (tertiary/aromatic N) is 1. The number of pyridine rings is 1. The van der Waals surface area contributed by atoms with Crippen molar-refractivity contribution in [3.8, 4) is 0 Å². The molecule has 0 atom stereocenters. The minimum absolute atomic E-state index is 0. The average Bonchev–Trinajstić information content (AvgIpc) is 2.32. The predicted molar refractivity (Wildman–Crippen MR) is 69.8 cm³/mol. The van der Waals surface area contributed by atoms with E-state index in [0.717, 1.165) is 12.5 Å². The summed E-state index contributed by atoms with van der Waals surface area (Å²) >= 11 is 0. The van der Waals surface area contributed by atoms with E-state index in [4.69, 9.17) is 0 Å². The van der Waals surface area contributed by atoms with Crippen LogP contribution in [0.5, 0.6) is 0 Å². The van der Waals surface area contributed by atoms with Crippen molar-refractivity contribution in [1.29, 1.82) is 0 Å². The first-order valence-electron chi connectivity index (χ1n) is 6.05. The normalized spacial score (nSPS) is 16.8. The van der Waals surface area contributed by atoms with Gasteiger partial charge in [0.05, 0.1) is 0 Å². The van der Waals surface area contributed by atoms with Crippen LogP contribution in [-0.2, 0) is 6.54 Å². The van der Waals surface area contributed by atoms with Gasteiger partial charge in [0.25, 0.3) is 0 Å². The molecule has 3 heteroatoms. The van der Waals surface area contributed by atoms with Crippen LogP contribution in [0.1, 0.15) is 37.7 Å². The molecule has 0 saturated heterocycles. The topological polar surface area (TPSA) is 24.9 Å². The number of halogens is 1. The van der Waals surface area contributed by atoms with Crippen molar-refractivity contribution in [1.82, 2.24) is 10.3 Å². The molecule has 90 valence electrons. The number of hydrogen-bond donors (Lipinski definition) is 1. The van der Waals surface area contributed by atoms with E-state index >= 15 is 0 Å². The van der Waals surface area contributed by atoms with Gasteiger partial charge in [-0.25, -0.2) is 0 Å². The summed E-state index contributed by atoms with van der Waals surface area (Å²) in [4.78, 5) is 4.11. The highest BCUT2D eigenvalue weighted by atomic mass is 35.5. The van der Waals surface area contributed by atoms with Gasteiger partial charge in [0.1, 0.15) is 0 Å². The quantitative estimate of drug-likeness (QED) is 0.875. The van der Waals surface area contributed by atoms with E-state index in [0.29, 0.717) is 0 Å². The second-order valence-corrected chi connectivity index (χ2v) is 4.50. The molecule has 2 nitrogen and oxygen atoms in total. The molecule has 1 saturated carbocycles. The van der Waals surface area contributed by atoms with Crippen LogP contribution in [0.15, 0.2) is 24.5 Å². The van der Waals surface area contributed by atoms with Gasteiger partial charge in [0.15, 0.2) is 0 Å². The summed E-state index contributed by atoms with van der Waals surface area (Å²) in [5, 5.41) is 3.53. The van der Waals surface area contributed by atoms with Gasteiger partial charge in [0.2, 0.25) is 0 Å². The lowest BCUT2D eigenvalue weighted by molar-refractivity contribution is 0.342. The summed E-state index contributed by atoms with van der Waals surface area (Å²) in [7, 11) is 0. The van der Waals surface area contributed by atoms with Crippen molar-refractivity contribution in [3.05, 3.63) is 30.1 Å². The number of aromatic nitrogens is 1. The molecule has 1 aliphatic carbocycles. The summed E-state index contributed by atoms with van der Waals surface area (Å²) in [6.45, 7) is 2.14. The standard InChI is InChI=1S/C13H20N2.ClH/c1-2-5-12(6-3-1)9-15-11-13-7-4-8-14-10-13;/h4,7-8,10,12,15H,1-3,5-6,9,11H2;1H. The van der Waals surface area contributed by atoms with E-state index in [1.165, 1.54) is 44.2 Å². The lowest BCUT2D eigenvalue weighted by atomic mass is 9.89. The predicted octanol–water partition coefficient (Wildman–Crippen LogP) is 3.17. The first kappa shape index (κ1) is 13.5. The van der Waals surface area contributed by atoms with Crippen molar-refractivity contribution < 1.29 is 0 Å². The fourth-order valence-electron chi connectivity index (χ4n) is 2.31. The zero-order valence-electron chi connectivity index (χ0n) is 9.69. The van der Waals surface area contributed by atoms with Crippen LogP contribution < -0.4 is 5.32 Å². The SMILES string of the molecule is Cl.c1cncc(CNCC2CCCCC2)c1. The zero-order chi connectivity index (χ0) is 10.3. The maximum atomic E-state index is 4.11. The highest BCUT2D eigenvalue weighted by molar-refractivity contribution is 5.85. The van der Waals surface area contributed by atoms with E-state index in [1.807, 2.05) is 18.5 Å². The first-order valence-corrected chi connectivity index (χ1v) is 6.05. The molecule has 16 heavy (non-hydrogen) atoms. The van der Waals surface area contributed by atoms with Crippen LogP contribution >= 0.6 is 12.4 Å². The Kier molecular flexibility index (Phi) is 6.43. The molecule has 1 N–H and O–H groups in total. The summed E-state index contributed by atoms with van der Waals surface area (Å²) in [6, 6.07) is 4.12. The Hall–Kier alpha value is -0.600. The van der Waals surface area contributed by atoms with E-state index in [-0.39, 0.29) is 12.4 Å². The molecule has 0 radical (unpaired) electrons. The lowest BCUT2D eigenvalue weighted by Gasteiger charge is -2.21. The van der Waals surface area contributed by atoms with Crippen molar-refractivity contribution in [2.24, 2.45) is 5.92 Å². The van der Waals surface area contributed by atoms with Crippen molar-refractivity contribution >= 4 is 12.4 Å². The minimum Gasteiger partial charge on any atom is -0.312 e. The molecule has 1 aromatic heterocycles. The van der Waals surface area contributed by atoms with Gasteiger partial charge in [-0.3, -0.25) is 4.98 Å². The average molecular weight is 241 g/mol. The molecule has 0 aliphatic heterocycles. The Morgan fingerprint density at radius 2 is 2.06 bits per heavy atom. The van der Waals surface area contributed by atoms with Crippen LogP contribution in [0.2, 0.25) is 0 Å². The Balaban J connectivity index is 0.00000128. The summed E-state index contributed by atoms with van der Waals surface area (Å²) in [5.74, 6) is 0.912. The second-order valence-electron chi connectivity index (χ2n) is 4.50.